The molecule has 1 aromatic rings. The van der Waals surface area contributed by atoms with E-state index in [-0.39, 0.29) is 0 Å². The predicted molar refractivity (Wildman–Crippen MR) is 83.0 cm³/mol. The van der Waals surface area contributed by atoms with Crippen LogP contribution in [-0.4, -0.2) is 46.6 Å². The summed E-state index contributed by atoms with van der Waals surface area (Å²) in [5, 5.41) is 1.16. The molecule has 0 saturated carbocycles. The van der Waals surface area contributed by atoms with Gasteiger partial charge in [-0.25, -0.2) is 0 Å². The minimum absolute atomic E-state index is 0.351. The molecule has 0 N–H and O–H groups in total. The van der Waals surface area contributed by atoms with Gasteiger partial charge in [-0.1, -0.05) is 17.8 Å². The standard InChI is InChI=1S/C15H21N3OS/c1-2-7-16-13(5-1)11-18(12-14-6-3-9-19-14)15-17-8-4-10-20-15/h1-2,5,7,14H,3-4,6,8-12H2. The average molecular weight is 291 g/mol. The molecule has 1 atom stereocenters. The summed E-state index contributed by atoms with van der Waals surface area (Å²) in [6, 6.07) is 6.08. The fourth-order valence-electron chi connectivity index (χ4n) is 2.57. The van der Waals surface area contributed by atoms with Crippen LogP contribution in [0.4, 0.5) is 0 Å². The molecule has 4 nitrogen and oxygen atoms in total. The van der Waals surface area contributed by atoms with Crippen LogP contribution >= 0.6 is 11.8 Å². The number of rotatable bonds is 4. The van der Waals surface area contributed by atoms with Gasteiger partial charge in [-0.05, 0) is 31.4 Å². The lowest BCUT2D eigenvalue weighted by Gasteiger charge is -2.29. The van der Waals surface area contributed by atoms with E-state index in [0.29, 0.717) is 6.10 Å². The second-order valence-electron chi connectivity index (χ2n) is 5.20. The zero-order valence-electron chi connectivity index (χ0n) is 11.7. The molecule has 0 bridgehead atoms. The molecule has 1 fully saturated rings. The van der Waals surface area contributed by atoms with Crippen molar-refractivity contribution in [3.63, 3.8) is 0 Å². The SMILES string of the molecule is c1ccc(CN(CC2CCCO2)C2=NCCCS2)nc1. The number of aromatic nitrogens is 1. The van der Waals surface area contributed by atoms with Crippen LogP contribution in [0, 0.1) is 0 Å². The number of aliphatic imine (C=N–C) groups is 1. The number of amidine groups is 1. The van der Waals surface area contributed by atoms with Gasteiger partial charge in [0.15, 0.2) is 5.17 Å². The number of nitrogens with zero attached hydrogens (tertiary/aromatic N) is 3. The van der Waals surface area contributed by atoms with Crippen molar-refractivity contribution in [1.82, 2.24) is 9.88 Å². The van der Waals surface area contributed by atoms with Crippen LogP contribution in [-0.2, 0) is 11.3 Å². The molecule has 2 aliphatic heterocycles. The number of ether oxygens (including phenoxy) is 1. The fourth-order valence-corrected chi connectivity index (χ4v) is 3.53. The van der Waals surface area contributed by atoms with Gasteiger partial charge in [0.25, 0.3) is 0 Å². The molecule has 3 heterocycles. The largest absolute Gasteiger partial charge is 0.376 e. The van der Waals surface area contributed by atoms with E-state index in [1.165, 1.54) is 18.6 Å². The second kappa shape index (κ2) is 7.09. The summed E-state index contributed by atoms with van der Waals surface area (Å²) < 4.78 is 5.79. The number of hydrogen-bond donors (Lipinski definition) is 0. The second-order valence-corrected chi connectivity index (χ2v) is 6.27. The lowest BCUT2D eigenvalue weighted by molar-refractivity contribution is 0.0904. The smallest absolute Gasteiger partial charge is 0.159 e. The number of pyridine rings is 1. The highest BCUT2D eigenvalue weighted by atomic mass is 32.2. The van der Waals surface area contributed by atoms with E-state index in [9.17, 15) is 0 Å². The third kappa shape index (κ3) is 3.73. The Hall–Kier alpha value is -1.07. The highest BCUT2D eigenvalue weighted by molar-refractivity contribution is 8.13. The first kappa shape index (κ1) is 13.9. The molecule has 3 rings (SSSR count). The Labute approximate surface area is 124 Å². The summed E-state index contributed by atoms with van der Waals surface area (Å²) in [4.78, 5) is 11.5. The maximum Gasteiger partial charge on any atom is 0.159 e. The molecule has 2 aliphatic rings. The molecule has 0 amide bonds. The van der Waals surface area contributed by atoms with Crippen LogP contribution in [0.25, 0.3) is 0 Å². The van der Waals surface area contributed by atoms with Crippen molar-refractivity contribution >= 4 is 16.9 Å². The van der Waals surface area contributed by atoms with Crippen LogP contribution in [0.5, 0.6) is 0 Å². The van der Waals surface area contributed by atoms with Gasteiger partial charge in [0.2, 0.25) is 0 Å². The Morgan fingerprint density at radius 2 is 2.35 bits per heavy atom. The third-order valence-electron chi connectivity index (χ3n) is 3.58. The van der Waals surface area contributed by atoms with E-state index in [1.807, 2.05) is 30.1 Å². The molecule has 108 valence electrons. The van der Waals surface area contributed by atoms with E-state index in [0.717, 1.165) is 43.5 Å². The van der Waals surface area contributed by atoms with Gasteiger partial charge in [0.1, 0.15) is 0 Å². The minimum Gasteiger partial charge on any atom is -0.376 e. The average Bonchev–Trinajstić information content (AvgIpc) is 3.02. The Morgan fingerprint density at radius 1 is 1.35 bits per heavy atom. The maximum absolute atomic E-state index is 5.79. The monoisotopic (exact) mass is 291 g/mol. The lowest BCUT2D eigenvalue weighted by Crippen LogP contribution is -2.36. The molecule has 1 aromatic heterocycles. The van der Waals surface area contributed by atoms with Gasteiger partial charge >= 0.3 is 0 Å². The summed E-state index contributed by atoms with van der Waals surface area (Å²) in [5.74, 6) is 1.17. The van der Waals surface area contributed by atoms with E-state index in [1.54, 1.807) is 0 Å². The van der Waals surface area contributed by atoms with Crippen LogP contribution in [0.2, 0.25) is 0 Å². The molecule has 1 saturated heterocycles. The lowest BCUT2D eigenvalue weighted by atomic mass is 10.2. The van der Waals surface area contributed by atoms with Gasteiger partial charge < -0.3 is 9.64 Å². The molecule has 0 aromatic carbocycles. The van der Waals surface area contributed by atoms with Gasteiger partial charge in [0, 0.05) is 31.6 Å². The molecule has 1 unspecified atom stereocenters. The Bertz CT molecular complexity index is 446. The zero-order valence-corrected chi connectivity index (χ0v) is 12.5. The molecule has 0 radical (unpaired) electrons. The Kier molecular flexibility index (Phi) is 4.92. The molecule has 0 aliphatic carbocycles. The van der Waals surface area contributed by atoms with Crippen molar-refractivity contribution in [3.05, 3.63) is 30.1 Å². The summed E-state index contributed by atoms with van der Waals surface area (Å²) in [6.45, 7) is 3.61. The quantitative estimate of drug-likeness (QED) is 0.854. The fraction of sp³-hybridized carbons (Fsp3) is 0.600. The maximum atomic E-state index is 5.79. The normalized spacial score (nSPS) is 22.6. The first-order valence-corrected chi connectivity index (χ1v) is 8.34. The van der Waals surface area contributed by atoms with Crippen LogP contribution in [0.15, 0.2) is 29.4 Å². The van der Waals surface area contributed by atoms with Crippen molar-refractivity contribution in [1.29, 1.82) is 0 Å². The van der Waals surface area contributed by atoms with Crippen molar-refractivity contribution in [2.75, 3.05) is 25.4 Å². The topological polar surface area (TPSA) is 37.7 Å². The first-order valence-electron chi connectivity index (χ1n) is 7.35. The summed E-state index contributed by atoms with van der Waals surface area (Å²) in [5.41, 5.74) is 1.10. The van der Waals surface area contributed by atoms with E-state index in [4.69, 9.17) is 9.73 Å². The highest BCUT2D eigenvalue weighted by Crippen LogP contribution is 2.21. The summed E-state index contributed by atoms with van der Waals surface area (Å²) >= 11 is 1.87. The van der Waals surface area contributed by atoms with Crippen LogP contribution in [0.3, 0.4) is 0 Å². The summed E-state index contributed by atoms with van der Waals surface area (Å²) in [7, 11) is 0. The zero-order chi connectivity index (χ0) is 13.6. The van der Waals surface area contributed by atoms with Gasteiger partial charge in [-0.15, -0.1) is 0 Å². The van der Waals surface area contributed by atoms with Gasteiger partial charge in [0.05, 0.1) is 18.3 Å². The van der Waals surface area contributed by atoms with Crippen LogP contribution in [0.1, 0.15) is 25.0 Å². The van der Waals surface area contributed by atoms with Crippen molar-refractivity contribution < 1.29 is 4.74 Å². The van der Waals surface area contributed by atoms with Gasteiger partial charge in [-0.3, -0.25) is 9.98 Å². The minimum atomic E-state index is 0.351. The molecule has 5 heteroatoms. The predicted octanol–water partition coefficient (Wildman–Crippen LogP) is 2.56. The van der Waals surface area contributed by atoms with E-state index >= 15 is 0 Å². The first-order chi connectivity index (χ1) is 9.92. The molecular weight excluding hydrogens is 270 g/mol. The van der Waals surface area contributed by atoms with Crippen LogP contribution < -0.4 is 0 Å². The van der Waals surface area contributed by atoms with E-state index < -0.39 is 0 Å². The summed E-state index contributed by atoms with van der Waals surface area (Å²) in [6.07, 6.45) is 5.74. The van der Waals surface area contributed by atoms with Gasteiger partial charge in [-0.2, -0.15) is 0 Å². The number of thioether (sulfide) groups is 1. The molecule has 20 heavy (non-hydrogen) atoms. The van der Waals surface area contributed by atoms with E-state index in [2.05, 4.69) is 16.0 Å². The Morgan fingerprint density at radius 3 is 3.05 bits per heavy atom. The van der Waals surface area contributed by atoms with Crippen molar-refractivity contribution in [3.8, 4) is 0 Å². The number of hydrogen-bond acceptors (Lipinski definition) is 5. The van der Waals surface area contributed by atoms with Crippen molar-refractivity contribution in [2.45, 2.75) is 31.9 Å². The molecule has 0 spiro atoms. The molecular formula is C15H21N3OS. The Balaban J connectivity index is 1.70. The highest BCUT2D eigenvalue weighted by Gasteiger charge is 2.23. The third-order valence-corrected chi connectivity index (χ3v) is 4.72. The van der Waals surface area contributed by atoms with Crippen molar-refractivity contribution in [2.24, 2.45) is 4.99 Å².